The van der Waals surface area contributed by atoms with Crippen LogP contribution >= 0.6 is 0 Å². The first-order chi connectivity index (χ1) is 8.68. The van der Waals surface area contributed by atoms with E-state index in [1.165, 1.54) is 18.4 Å². The van der Waals surface area contributed by atoms with Crippen LogP contribution in [0.3, 0.4) is 0 Å². The highest BCUT2D eigenvalue weighted by Crippen LogP contribution is 2.34. The van der Waals surface area contributed by atoms with Crippen molar-refractivity contribution in [1.29, 1.82) is 0 Å². The van der Waals surface area contributed by atoms with Crippen molar-refractivity contribution in [2.24, 2.45) is 5.41 Å². The van der Waals surface area contributed by atoms with Crippen LogP contribution in [-0.2, 0) is 17.2 Å². The number of hydrogen-bond acceptors (Lipinski definition) is 1. The molecule has 0 aliphatic heterocycles. The zero-order chi connectivity index (χ0) is 12.8. The van der Waals surface area contributed by atoms with Gasteiger partial charge in [0.1, 0.15) is 0 Å². The number of rotatable bonds is 6. The van der Waals surface area contributed by atoms with Crippen LogP contribution in [0.1, 0.15) is 31.7 Å². The van der Waals surface area contributed by atoms with E-state index in [0.717, 1.165) is 24.3 Å². The minimum atomic E-state index is -0.676. The van der Waals surface area contributed by atoms with Crippen LogP contribution in [-0.4, -0.2) is 15.7 Å². The molecule has 1 nitrogen and oxygen atoms in total. The molecule has 1 aliphatic carbocycles. The standard InChI is InChI=1S/C16H22OS/c1-16(10-5-6-11-16)12-14-18(17)13-9-15-7-3-2-4-8-15/h2-5,7-8,10H,6,9,11-14H2,1H3/t16-,18?/m0/s1. The average molecular weight is 262 g/mol. The zero-order valence-corrected chi connectivity index (χ0v) is 11.9. The Morgan fingerprint density at radius 2 is 2.00 bits per heavy atom. The summed E-state index contributed by atoms with van der Waals surface area (Å²) in [6.07, 6.45) is 8.97. The summed E-state index contributed by atoms with van der Waals surface area (Å²) < 4.78 is 12.0. The lowest BCUT2D eigenvalue weighted by Gasteiger charge is -2.21. The predicted octanol–water partition coefficient (Wildman–Crippen LogP) is 3.72. The fourth-order valence-corrected chi connectivity index (χ4v) is 3.76. The second kappa shape index (κ2) is 6.33. The first-order valence-electron chi connectivity index (χ1n) is 6.75. The summed E-state index contributed by atoms with van der Waals surface area (Å²) in [6, 6.07) is 10.3. The van der Waals surface area contributed by atoms with Gasteiger partial charge in [0.15, 0.2) is 0 Å². The highest BCUT2D eigenvalue weighted by Gasteiger charge is 2.24. The maximum Gasteiger partial charge on any atom is 0.0275 e. The van der Waals surface area contributed by atoms with Crippen molar-refractivity contribution in [3.8, 4) is 0 Å². The first kappa shape index (κ1) is 13.5. The summed E-state index contributed by atoms with van der Waals surface area (Å²) in [5, 5.41) is 0. The SMILES string of the molecule is C[C@]1(CCS(=O)CCc2ccccc2)C=CCC1. The van der Waals surface area contributed by atoms with E-state index in [-0.39, 0.29) is 0 Å². The lowest BCUT2D eigenvalue weighted by molar-refractivity contribution is 0.406. The number of aryl methyl sites for hydroxylation is 1. The normalized spacial score (nSPS) is 24.3. The molecule has 18 heavy (non-hydrogen) atoms. The van der Waals surface area contributed by atoms with Gasteiger partial charge in [0, 0.05) is 22.3 Å². The average Bonchev–Trinajstić information content (AvgIpc) is 2.83. The van der Waals surface area contributed by atoms with Gasteiger partial charge in [0.2, 0.25) is 0 Å². The molecule has 2 rings (SSSR count). The fraction of sp³-hybridized carbons (Fsp3) is 0.500. The van der Waals surface area contributed by atoms with E-state index in [1.807, 2.05) is 18.2 Å². The van der Waals surface area contributed by atoms with Gasteiger partial charge in [0.05, 0.1) is 0 Å². The van der Waals surface area contributed by atoms with Crippen molar-refractivity contribution in [3.63, 3.8) is 0 Å². The van der Waals surface area contributed by atoms with Crippen molar-refractivity contribution >= 4 is 10.8 Å². The molecule has 0 radical (unpaired) electrons. The van der Waals surface area contributed by atoms with Crippen LogP contribution in [0.4, 0.5) is 0 Å². The molecule has 98 valence electrons. The molecule has 1 unspecified atom stereocenters. The fourth-order valence-electron chi connectivity index (χ4n) is 2.40. The van der Waals surface area contributed by atoms with Gasteiger partial charge in [0.25, 0.3) is 0 Å². The van der Waals surface area contributed by atoms with Crippen molar-refractivity contribution in [1.82, 2.24) is 0 Å². The van der Waals surface area contributed by atoms with E-state index in [0.29, 0.717) is 5.41 Å². The van der Waals surface area contributed by atoms with Gasteiger partial charge >= 0.3 is 0 Å². The molecule has 2 heteroatoms. The molecule has 0 heterocycles. The van der Waals surface area contributed by atoms with Gasteiger partial charge in [-0.1, -0.05) is 49.4 Å². The first-order valence-corrected chi connectivity index (χ1v) is 8.23. The van der Waals surface area contributed by atoms with E-state index < -0.39 is 10.8 Å². The number of allylic oxidation sites excluding steroid dienone is 2. The lowest BCUT2D eigenvalue weighted by atomic mass is 9.87. The Kier molecular flexibility index (Phi) is 4.76. The molecule has 1 aliphatic rings. The molecular weight excluding hydrogens is 240 g/mol. The van der Waals surface area contributed by atoms with Crippen molar-refractivity contribution in [2.45, 2.75) is 32.6 Å². The summed E-state index contributed by atoms with van der Waals surface area (Å²) in [5.74, 6) is 1.64. The van der Waals surface area contributed by atoms with Crippen LogP contribution in [0.15, 0.2) is 42.5 Å². The van der Waals surface area contributed by atoms with Gasteiger partial charge in [-0.05, 0) is 36.7 Å². The highest BCUT2D eigenvalue weighted by atomic mass is 32.2. The topological polar surface area (TPSA) is 17.1 Å². The van der Waals surface area contributed by atoms with Crippen LogP contribution in [0, 0.1) is 5.41 Å². The molecule has 2 atom stereocenters. The van der Waals surface area contributed by atoms with E-state index in [1.54, 1.807) is 0 Å². The van der Waals surface area contributed by atoms with Crippen LogP contribution < -0.4 is 0 Å². The second-order valence-electron chi connectivity index (χ2n) is 5.43. The summed E-state index contributed by atoms with van der Waals surface area (Å²) in [6.45, 7) is 2.28. The highest BCUT2D eigenvalue weighted by molar-refractivity contribution is 7.84. The van der Waals surface area contributed by atoms with Gasteiger partial charge in [-0.15, -0.1) is 0 Å². The predicted molar refractivity (Wildman–Crippen MR) is 79.1 cm³/mol. The number of benzene rings is 1. The molecule has 0 amide bonds. The minimum Gasteiger partial charge on any atom is -0.260 e. The van der Waals surface area contributed by atoms with Gasteiger partial charge in [-0.2, -0.15) is 0 Å². The van der Waals surface area contributed by atoms with Crippen LogP contribution in [0.2, 0.25) is 0 Å². The summed E-state index contributed by atoms with van der Waals surface area (Å²) in [7, 11) is -0.676. The molecule has 0 saturated carbocycles. The summed E-state index contributed by atoms with van der Waals surface area (Å²) in [5.41, 5.74) is 1.60. The minimum absolute atomic E-state index is 0.308. The lowest BCUT2D eigenvalue weighted by Crippen LogP contribution is -2.15. The maximum absolute atomic E-state index is 12.0. The van der Waals surface area contributed by atoms with Crippen molar-refractivity contribution in [2.75, 3.05) is 11.5 Å². The Hall–Kier alpha value is -0.890. The Bertz CT molecular complexity index is 424. The van der Waals surface area contributed by atoms with Gasteiger partial charge < -0.3 is 0 Å². The van der Waals surface area contributed by atoms with E-state index >= 15 is 0 Å². The molecule has 1 aromatic carbocycles. The smallest absolute Gasteiger partial charge is 0.0275 e. The second-order valence-corrected chi connectivity index (χ2v) is 7.12. The molecule has 0 aromatic heterocycles. The largest absolute Gasteiger partial charge is 0.260 e. The third-order valence-electron chi connectivity index (χ3n) is 3.76. The van der Waals surface area contributed by atoms with Crippen LogP contribution in [0.25, 0.3) is 0 Å². The molecule has 0 fully saturated rings. The van der Waals surface area contributed by atoms with Crippen molar-refractivity contribution < 1.29 is 4.21 Å². The molecule has 1 aromatic rings. The number of hydrogen-bond donors (Lipinski definition) is 0. The third-order valence-corrected chi connectivity index (χ3v) is 5.08. The molecule has 0 bridgehead atoms. The maximum atomic E-state index is 12.0. The van der Waals surface area contributed by atoms with Gasteiger partial charge in [-0.25, -0.2) is 0 Å². The van der Waals surface area contributed by atoms with E-state index in [9.17, 15) is 4.21 Å². The van der Waals surface area contributed by atoms with Crippen LogP contribution in [0.5, 0.6) is 0 Å². The molecule has 0 saturated heterocycles. The van der Waals surface area contributed by atoms with Gasteiger partial charge in [-0.3, -0.25) is 4.21 Å². The summed E-state index contributed by atoms with van der Waals surface area (Å²) in [4.78, 5) is 0. The quantitative estimate of drug-likeness (QED) is 0.714. The zero-order valence-electron chi connectivity index (χ0n) is 11.1. The van der Waals surface area contributed by atoms with E-state index in [2.05, 4.69) is 31.2 Å². The monoisotopic (exact) mass is 262 g/mol. The molecule has 0 N–H and O–H groups in total. The molecule has 0 spiro atoms. The Labute approximate surface area is 113 Å². The summed E-state index contributed by atoms with van der Waals surface area (Å²) >= 11 is 0. The van der Waals surface area contributed by atoms with E-state index in [4.69, 9.17) is 0 Å². The Morgan fingerprint density at radius 3 is 2.67 bits per heavy atom. The molecular formula is C16H22OS. The Morgan fingerprint density at radius 1 is 1.22 bits per heavy atom. The Balaban J connectivity index is 1.71. The third kappa shape index (κ3) is 4.09. The van der Waals surface area contributed by atoms with Crippen molar-refractivity contribution in [3.05, 3.63) is 48.0 Å².